The molecular weight excluding hydrogens is 290 g/mol. The van der Waals surface area contributed by atoms with Gasteiger partial charge in [-0.1, -0.05) is 6.92 Å². The minimum Gasteiger partial charge on any atom is -0.342 e. The summed E-state index contributed by atoms with van der Waals surface area (Å²) in [5, 5.41) is 4.28. The second-order valence-corrected chi connectivity index (χ2v) is 6.97. The summed E-state index contributed by atoms with van der Waals surface area (Å²) in [6.45, 7) is 12.3. The maximum atomic E-state index is 11.6. The van der Waals surface area contributed by atoms with Gasteiger partial charge >= 0.3 is 0 Å². The van der Waals surface area contributed by atoms with Crippen molar-refractivity contribution in [1.82, 2.24) is 24.5 Å². The SMILES string of the molecule is CC(=O)N1CCCN(C2CN(CCn3cccn3)CC2C)CC1. The predicted octanol–water partition coefficient (Wildman–Crippen LogP) is 0.758. The van der Waals surface area contributed by atoms with E-state index in [1.54, 1.807) is 6.92 Å². The molecule has 0 aliphatic carbocycles. The highest BCUT2D eigenvalue weighted by molar-refractivity contribution is 5.73. The number of amides is 1. The Balaban J connectivity index is 1.51. The van der Waals surface area contributed by atoms with Crippen LogP contribution >= 0.6 is 0 Å². The van der Waals surface area contributed by atoms with Crippen LogP contribution in [0.1, 0.15) is 20.3 Å². The zero-order valence-corrected chi connectivity index (χ0v) is 14.4. The Labute approximate surface area is 139 Å². The second kappa shape index (κ2) is 7.45. The highest BCUT2D eigenvalue weighted by Crippen LogP contribution is 2.23. The zero-order valence-electron chi connectivity index (χ0n) is 14.4. The third kappa shape index (κ3) is 4.12. The lowest BCUT2D eigenvalue weighted by molar-refractivity contribution is -0.128. The van der Waals surface area contributed by atoms with Crippen LogP contribution in [-0.2, 0) is 11.3 Å². The van der Waals surface area contributed by atoms with Gasteiger partial charge in [0.05, 0.1) is 6.54 Å². The summed E-state index contributed by atoms with van der Waals surface area (Å²) in [6.07, 6.45) is 4.96. The molecule has 0 bridgehead atoms. The summed E-state index contributed by atoms with van der Waals surface area (Å²) in [5.74, 6) is 0.906. The molecule has 23 heavy (non-hydrogen) atoms. The van der Waals surface area contributed by atoms with Crippen molar-refractivity contribution in [2.75, 3.05) is 45.8 Å². The van der Waals surface area contributed by atoms with Gasteiger partial charge in [0.2, 0.25) is 5.91 Å². The van der Waals surface area contributed by atoms with Gasteiger partial charge in [-0.2, -0.15) is 5.10 Å². The average Bonchev–Trinajstić information content (AvgIpc) is 3.09. The topological polar surface area (TPSA) is 44.6 Å². The van der Waals surface area contributed by atoms with E-state index in [0.717, 1.165) is 52.2 Å². The molecule has 2 aliphatic rings. The molecule has 0 spiro atoms. The number of likely N-dealkylation sites (tertiary alicyclic amines) is 1. The smallest absolute Gasteiger partial charge is 0.219 e. The van der Waals surface area contributed by atoms with Gasteiger partial charge in [-0.3, -0.25) is 19.3 Å². The molecule has 1 aromatic heterocycles. The number of rotatable bonds is 4. The predicted molar refractivity (Wildman–Crippen MR) is 90.1 cm³/mol. The van der Waals surface area contributed by atoms with Crippen molar-refractivity contribution in [1.29, 1.82) is 0 Å². The molecule has 0 N–H and O–H groups in total. The van der Waals surface area contributed by atoms with Crippen LogP contribution < -0.4 is 0 Å². The molecule has 1 amide bonds. The fourth-order valence-electron chi connectivity index (χ4n) is 3.97. The van der Waals surface area contributed by atoms with Gasteiger partial charge in [-0.25, -0.2) is 0 Å². The first-order valence-electron chi connectivity index (χ1n) is 8.83. The molecular formula is C17H29N5O. The Morgan fingerprint density at radius 3 is 2.78 bits per heavy atom. The Kier molecular flexibility index (Phi) is 5.33. The van der Waals surface area contributed by atoms with E-state index in [4.69, 9.17) is 0 Å². The van der Waals surface area contributed by atoms with Crippen molar-refractivity contribution in [3.63, 3.8) is 0 Å². The van der Waals surface area contributed by atoms with E-state index in [1.807, 2.05) is 28.0 Å². The third-order valence-electron chi connectivity index (χ3n) is 5.30. The van der Waals surface area contributed by atoms with Crippen LogP contribution in [0, 0.1) is 5.92 Å². The van der Waals surface area contributed by atoms with Crippen molar-refractivity contribution in [3.8, 4) is 0 Å². The number of carbonyl (C=O) groups is 1. The molecule has 3 heterocycles. The largest absolute Gasteiger partial charge is 0.342 e. The average molecular weight is 319 g/mol. The maximum absolute atomic E-state index is 11.6. The lowest BCUT2D eigenvalue weighted by Crippen LogP contribution is -2.43. The molecule has 2 fully saturated rings. The van der Waals surface area contributed by atoms with Gasteiger partial charge in [0.15, 0.2) is 0 Å². The molecule has 2 aliphatic heterocycles. The van der Waals surface area contributed by atoms with Crippen molar-refractivity contribution in [3.05, 3.63) is 18.5 Å². The molecule has 3 rings (SSSR count). The summed E-state index contributed by atoms with van der Waals surface area (Å²) in [7, 11) is 0. The van der Waals surface area contributed by atoms with Crippen LogP contribution in [0.15, 0.2) is 18.5 Å². The first-order chi connectivity index (χ1) is 11.1. The fourth-order valence-corrected chi connectivity index (χ4v) is 3.97. The summed E-state index contributed by atoms with van der Waals surface area (Å²) < 4.78 is 2.01. The molecule has 2 unspecified atom stereocenters. The summed E-state index contributed by atoms with van der Waals surface area (Å²) in [4.78, 5) is 18.8. The number of aromatic nitrogens is 2. The van der Waals surface area contributed by atoms with Crippen LogP contribution in [-0.4, -0.2) is 82.2 Å². The quantitative estimate of drug-likeness (QED) is 0.822. The van der Waals surface area contributed by atoms with Crippen molar-refractivity contribution >= 4 is 5.91 Å². The van der Waals surface area contributed by atoms with Crippen molar-refractivity contribution in [2.45, 2.75) is 32.9 Å². The minimum atomic E-state index is 0.215. The van der Waals surface area contributed by atoms with Crippen molar-refractivity contribution in [2.24, 2.45) is 5.92 Å². The molecule has 128 valence electrons. The second-order valence-electron chi connectivity index (χ2n) is 6.97. The highest BCUT2D eigenvalue weighted by atomic mass is 16.2. The van der Waals surface area contributed by atoms with Crippen LogP contribution in [0.4, 0.5) is 0 Å². The monoisotopic (exact) mass is 319 g/mol. The lowest BCUT2D eigenvalue weighted by atomic mass is 10.0. The van der Waals surface area contributed by atoms with Crippen molar-refractivity contribution < 1.29 is 4.79 Å². The summed E-state index contributed by atoms with van der Waals surface area (Å²) >= 11 is 0. The number of nitrogens with zero attached hydrogens (tertiary/aromatic N) is 5. The first-order valence-corrected chi connectivity index (χ1v) is 8.83. The van der Waals surface area contributed by atoms with Gasteiger partial charge < -0.3 is 4.90 Å². The molecule has 2 saturated heterocycles. The van der Waals surface area contributed by atoms with Crippen LogP contribution in [0.2, 0.25) is 0 Å². The number of carbonyl (C=O) groups excluding carboxylic acids is 1. The highest BCUT2D eigenvalue weighted by Gasteiger charge is 2.34. The van der Waals surface area contributed by atoms with Gasteiger partial charge in [0.25, 0.3) is 0 Å². The van der Waals surface area contributed by atoms with Crippen LogP contribution in [0.3, 0.4) is 0 Å². The molecule has 1 aromatic rings. The maximum Gasteiger partial charge on any atom is 0.219 e. The molecule has 2 atom stereocenters. The normalized spacial score (nSPS) is 27.3. The standard InChI is InChI=1S/C17H29N5O/c1-15-13-19(9-12-22-8-3-5-18-22)14-17(15)21-7-4-6-20(10-11-21)16(2)23/h3,5,8,15,17H,4,6-7,9-14H2,1-2H3. The van der Waals surface area contributed by atoms with E-state index in [2.05, 4.69) is 21.8 Å². The molecule has 0 aromatic carbocycles. The Morgan fingerprint density at radius 2 is 2.04 bits per heavy atom. The number of hydrogen-bond donors (Lipinski definition) is 0. The van der Waals surface area contributed by atoms with E-state index >= 15 is 0 Å². The van der Waals surface area contributed by atoms with Gasteiger partial charge in [-0.05, 0) is 18.4 Å². The number of hydrogen-bond acceptors (Lipinski definition) is 4. The molecule has 6 heteroatoms. The first kappa shape index (κ1) is 16.5. The van der Waals surface area contributed by atoms with E-state index < -0.39 is 0 Å². The van der Waals surface area contributed by atoms with E-state index in [0.29, 0.717) is 12.0 Å². The molecule has 0 radical (unpaired) electrons. The van der Waals surface area contributed by atoms with E-state index in [9.17, 15) is 4.79 Å². The van der Waals surface area contributed by atoms with Gasteiger partial charge in [0, 0.05) is 71.2 Å². The summed E-state index contributed by atoms with van der Waals surface area (Å²) in [5.41, 5.74) is 0. The van der Waals surface area contributed by atoms with Gasteiger partial charge in [-0.15, -0.1) is 0 Å². The zero-order chi connectivity index (χ0) is 16.2. The molecule has 6 nitrogen and oxygen atoms in total. The Hall–Kier alpha value is -1.40. The van der Waals surface area contributed by atoms with Gasteiger partial charge in [0.1, 0.15) is 0 Å². The Bertz CT molecular complexity index is 503. The van der Waals surface area contributed by atoms with Crippen LogP contribution in [0.25, 0.3) is 0 Å². The molecule has 0 saturated carbocycles. The van der Waals surface area contributed by atoms with E-state index in [-0.39, 0.29) is 5.91 Å². The van der Waals surface area contributed by atoms with Crippen LogP contribution in [0.5, 0.6) is 0 Å². The lowest BCUT2D eigenvalue weighted by Gasteiger charge is -2.30. The minimum absolute atomic E-state index is 0.215. The third-order valence-corrected chi connectivity index (χ3v) is 5.30. The fraction of sp³-hybridized carbons (Fsp3) is 0.765. The Morgan fingerprint density at radius 1 is 1.17 bits per heavy atom. The summed E-state index contributed by atoms with van der Waals surface area (Å²) in [6, 6.07) is 2.60. The van der Waals surface area contributed by atoms with E-state index in [1.165, 1.54) is 6.54 Å².